The molecule has 29 heavy (non-hydrogen) atoms. The molecule has 0 amide bonds. The van der Waals surface area contributed by atoms with Gasteiger partial charge in [0.15, 0.2) is 0 Å². The Morgan fingerprint density at radius 2 is 1.21 bits per heavy atom. The average molecular weight is 405 g/mol. The second-order valence-corrected chi connectivity index (χ2v) is 7.75. The number of anilines is 1. The van der Waals surface area contributed by atoms with Crippen molar-refractivity contribution in [2.45, 2.75) is 89.9 Å². The summed E-state index contributed by atoms with van der Waals surface area (Å²) in [6.45, 7) is 0. The summed E-state index contributed by atoms with van der Waals surface area (Å²) in [5, 5.41) is 26.6. The van der Waals surface area contributed by atoms with Gasteiger partial charge in [-0.25, -0.2) is 0 Å². The minimum absolute atomic E-state index is 0.184. The quantitative estimate of drug-likeness (QED) is 0.441. The van der Waals surface area contributed by atoms with Crippen LogP contribution in [-0.2, 0) is 0 Å². The van der Waals surface area contributed by atoms with Crippen LogP contribution in [0, 0.1) is 20.2 Å². The second-order valence-electron chi connectivity index (χ2n) is 7.75. The topological polar surface area (TPSA) is 111 Å². The first-order chi connectivity index (χ1) is 14.1. The molecule has 0 spiro atoms. The van der Waals surface area contributed by atoms with E-state index in [0.717, 1.165) is 37.5 Å². The number of non-ortho nitro benzene ring substituents is 1. The van der Waals surface area contributed by atoms with Gasteiger partial charge in [0.25, 0.3) is 5.69 Å². The molecule has 1 N–H and O–H groups in total. The van der Waals surface area contributed by atoms with Gasteiger partial charge in [0.05, 0.1) is 15.9 Å². The molecular formula is C21H32N4O4. The van der Waals surface area contributed by atoms with Gasteiger partial charge < -0.3 is 0 Å². The Labute approximate surface area is 172 Å². The highest BCUT2D eigenvalue weighted by atomic mass is 16.6. The molecule has 160 valence electrons. The van der Waals surface area contributed by atoms with Crippen molar-refractivity contribution < 1.29 is 9.85 Å². The summed E-state index contributed by atoms with van der Waals surface area (Å²) in [6, 6.07) is 3.58. The predicted octanol–water partition coefficient (Wildman–Crippen LogP) is 6.75. The number of nitro groups is 2. The molecule has 1 saturated carbocycles. The van der Waals surface area contributed by atoms with Crippen molar-refractivity contribution in [2.75, 3.05) is 5.43 Å². The fraction of sp³-hybridized carbons (Fsp3) is 0.667. The Kier molecular flexibility index (Phi) is 10.1. The molecule has 1 aromatic rings. The summed E-state index contributed by atoms with van der Waals surface area (Å²) in [5.74, 6) is 0. The molecule has 1 aliphatic rings. The Balaban J connectivity index is 2.03. The summed E-state index contributed by atoms with van der Waals surface area (Å²) >= 11 is 0. The number of nitrogens with zero attached hydrogens (tertiary/aromatic N) is 3. The van der Waals surface area contributed by atoms with Gasteiger partial charge in [-0.15, -0.1) is 0 Å². The molecule has 8 heteroatoms. The molecule has 8 nitrogen and oxygen atoms in total. The minimum Gasteiger partial charge on any atom is -0.272 e. The van der Waals surface area contributed by atoms with E-state index >= 15 is 0 Å². The zero-order valence-corrected chi connectivity index (χ0v) is 17.1. The number of nitro benzene ring substituents is 2. The summed E-state index contributed by atoms with van der Waals surface area (Å²) in [5.41, 5.74) is 3.37. The Morgan fingerprint density at radius 1 is 0.724 bits per heavy atom. The van der Waals surface area contributed by atoms with Gasteiger partial charge in [0, 0.05) is 11.8 Å². The van der Waals surface area contributed by atoms with E-state index in [-0.39, 0.29) is 17.1 Å². The van der Waals surface area contributed by atoms with Crippen molar-refractivity contribution in [1.82, 2.24) is 0 Å². The Morgan fingerprint density at radius 3 is 1.66 bits per heavy atom. The van der Waals surface area contributed by atoms with E-state index in [0.29, 0.717) is 0 Å². The molecule has 0 heterocycles. The molecule has 1 aromatic carbocycles. The third-order valence-electron chi connectivity index (χ3n) is 5.40. The smallest absolute Gasteiger partial charge is 0.272 e. The Hall–Kier alpha value is -2.51. The van der Waals surface area contributed by atoms with Crippen LogP contribution in [-0.4, -0.2) is 15.6 Å². The predicted molar refractivity (Wildman–Crippen MR) is 115 cm³/mol. The van der Waals surface area contributed by atoms with Crippen LogP contribution in [0.4, 0.5) is 17.1 Å². The van der Waals surface area contributed by atoms with Crippen LogP contribution in [0.25, 0.3) is 0 Å². The maximum Gasteiger partial charge on any atom is 0.301 e. The molecule has 0 bridgehead atoms. The van der Waals surface area contributed by atoms with Gasteiger partial charge in [0.2, 0.25) is 0 Å². The third-order valence-corrected chi connectivity index (χ3v) is 5.40. The van der Waals surface area contributed by atoms with Crippen LogP contribution < -0.4 is 5.43 Å². The number of benzene rings is 1. The van der Waals surface area contributed by atoms with Crippen molar-refractivity contribution in [3.8, 4) is 0 Å². The van der Waals surface area contributed by atoms with Crippen molar-refractivity contribution >= 4 is 22.8 Å². The monoisotopic (exact) mass is 404 g/mol. The lowest BCUT2D eigenvalue weighted by Crippen LogP contribution is -2.05. The molecule has 0 aliphatic heterocycles. The highest BCUT2D eigenvalue weighted by molar-refractivity contribution is 5.85. The van der Waals surface area contributed by atoms with Crippen LogP contribution in [0.5, 0.6) is 0 Å². The third kappa shape index (κ3) is 8.58. The van der Waals surface area contributed by atoms with Crippen LogP contribution in [0.2, 0.25) is 0 Å². The Bertz CT molecular complexity index is 688. The van der Waals surface area contributed by atoms with Gasteiger partial charge in [-0.2, -0.15) is 5.10 Å². The van der Waals surface area contributed by atoms with Gasteiger partial charge in [-0.05, 0) is 31.7 Å². The highest BCUT2D eigenvalue weighted by Gasteiger charge is 2.19. The SMILES string of the molecule is O=[N+]([O-])c1ccc(NN=C2CCCCCCCCCCCCCC2)c([N+](=O)[O-])c1. The first-order valence-electron chi connectivity index (χ1n) is 10.8. The van der Waals surface area contributed by atoms with Gasteiger partial charge >= 0.3 is 5.69 Å². The number of hydrogen-bond acceptors (Lipinski definition) is 6. The highest BCUT2D eigenvalue weighted by Crippen LogP contribution is 2.29. The van der Waals surface area contributed by atoms with Crippen molar-refractivity contribution in [1.29, 1.82) is 0 Å². The van der Waals surface area contributed by atoms with E-state index in [9.17, 15) is 20.2 Å². The zero-order chi connectivity index (χ0) is 20.9. The lowest BCUT2D eigenvalue weighted by atomic mass is 10.0. The first kappa shape index (κ1) is 22.8. The van der Waals surface area contributed by atoms with Crippen LogP contribution >= 0.6 is 0 Å². The van der Waals surface area contributed by atoms with E-state index in [1.165, 1.54) is 76.3 Å². The minimum atomic E-state index is -0.636. The van der Waals surface area contributed by atoms with Crippen LogP contribution in [0.15, 0.2) is 23.3 Å². The molecule has 0 saturated heterocycles. The maximum atomic E-state index is 11.3. The van der Waals surface area contributed by atoms with Crippen LogP contribution in [0.1, 0.15) is 89.9 Å². The lowest BCUT2D eigenvalue weighted by Gasteiger charge is -2.09. The molecule has 0 radical (unpaired) electrons. The van der Waals surface area contributed by atoms with E-state index in [1.807, 2.05) is 0 Å². The lowest BCUT2D eigenvalue weighted by molar-refractivity contribution is -0.393. The molecule has 0 unspecified atom stereocenters. The number of nitrogens with one attached hydrogen (secondary N) is 1. The molecule has 2 rings (SSSR count). The average Bonchev–Trinajstić information content (AvgIpc) is 2.71. The molecule has 1 fully saturated rings. The standard InChI is InChI=1S/C21H32N4O4/c26-24(27)19-15-16-20(21(17-19)25(28)29)23-22-18-13-11-9-7-5-3-1-2-4-6-8-10-12-14-18/h15-17,23H,1-14H2. The van der Waals surface area contributed by atoms with E-state index < -0.39 is 9.85 Å². The van der Waals surface area contributed by atoms with Crippen molar-refractivity contribution in [3.63, 3.8) is 0 Å². The molecular weight excluding hydrogens is 372 g/mol. The summed E-state index contributed by atoms with van der Waals surface area (Å²) in [7, 11) is 0. The van der Waals surface area contributed by atoms with E-state index in [1.54, 1.807) is 0 Å². The summed E-state index contributed by atoms with van der Waals surface area (Å²) < 4.78 is 0. The van der Waals surface area contributed by atoms with E-state index in [2.05, 4.69) is 10.5 Å². The van der Waals surface area contributed by atoms with E-state index in [4.69, 9.17) is 0 Å². The van der Waals surface area contributed by atoms with Gasteiger partial charge in [-0.3, -0.25) is 25.7 Å². The normalized spacial score (nSPS) is 17.6. The van der Waals surface area contributed by atoms with Crippen LogP contribution in [0.3, 0.4) is 0 Å². The fourth-order valence-electron chi connectivity index (χ4n) is 3.68. The largest absolute Gasteiger partial charge is 0.301 e. The first-order valence-corrected chi connectivity index (χ1v) is 10.8. The molecule has 0 atom stereocenters. The van der Waals surface area contributed by atoms with Gasteiger partial charge in [0.1, 0.15) is 5.69 Å². The molecule has 1 aliphatic carbocycles. The number of rotatable bonds is 4. The van der Waals surface area contributed by atoms with Crippen molar-refractivity contribution in [2.24, 2.45) is 5.10 Å². The fourth-order valence-corrected chi connectivity index (χ4v) is 3.68. The second kappa shape index (κ2) is 12.9. The summed E-state index contributed by atoms with van der Waals surface area (Å²) in [4.78, 5) is 20.9. The van der Waals surface area contributed by atoms with Gasteiger partial charge in [-0.1, -0.05) is 64.2 Å². The maximum absolute atomic E-state index is 11.3. The number of hydrazone groups is 1. The summed E-state index contributed by atoms with van der Waals surface area (Å²) in [6.07, 6.45) is 16.7. The van der Waals surface area contributed by atoms with Crippen molar-refractivity contribution in [3.05, 3.63) is 38.4 Å². The molecule has 0 aromatic heterocycles. The number of hydrogen-bond donors (Lipinski definition) is 1. The zero-order valence-electron chi connectivity index (χ0n) is 17.1.